The summed E-state index contributed by atoms with van der Waals surface area (Å²) < 4.78 is 15.8. The zero-order valence-corrected chi connectivity index (χ0v) is 21.5. The van der Waals surface area contributed by atoms with Gasteiger partial charge in [0, 0.05) is 29.0 Å². The summed E-state index contributed by atoms with van der Waals surface area (Å²) in [5.74, 6) is -0.515. The number of hydrogen-bond acceptors (Lipinski definition) is 7. The number of benzene rings is 3. The number of para-hydroxylation sites is 1. The summed E-state index contributed by atoms with van der Waals surface area (Å²) in [6.07, 6.45) is 4.84. The van der Waals surface area contributed by atoms with Gasteiger partial charge in [-0.2, -0.15) is 5.10 Å². The summed E-state index contributed by atoms with van der Waals surface area (Å²) in [5, 5.41) is 15.7. The van der Waals surface area contributed by atoms with Gasteiger partial charge in [-0.25, -0.2) is 9.07 Å². The molecule has 5 aromatic rings. The number of thioether (sulfide) groups is 1. The van der Waals surface area contributed by atoms with Crippen LogP contribution in [0.3, 0.4) is 0 Å². The molecule has 10 heteroatoms. The van der Waals surface area contributed by atoms with Crippen LogP contribution < -0.4 is 5.32 Å². The summed E-state index contributed by atoms with van der Waals surface area (Å²) in [4.78, 5) is 24.9. The SMILES string of the molecule is O=C(C=Cc1cn(-c2ccccc2)nc1-c1ccc(F)cc1)Nc1nnc(SCC(=O)c2ccccc2)s1. The van der Waals surface area contributed by atoms with E-state index >= 15 is 0 Å². The van der Waals surface area contributed by atoms with E-state index in [4.69, 9.17) is 0 Å². The van der Waals surface area contributed by atoms with Crippen molar-refractivity contribution in [3.05, 3.63) is 114 Å². The van der Waals surface area contributed by atoms with Crippen LogP contribution in [0.2, 0.25) is 0 Å². The molecule has 0 saturated carbocycles. The Morgan fingerprint density at radius 3 is 2.39 bits per heavy atom. The number of nitrogens with zero attached hydrogens (tertiary/aromatic N) is 4. The van der Waals surface area contributed by atoms with Gasteiger partial charge in [0.15, 0.2) is 10.1 Å². The first kappa shape index (κ1) is 25.2. The average Bonchev–Trinajstić information content (AvgIpc) is 3.59. The molecule has 0 fully saturated rings. The van der Waals surface area contributed by atoms with Crippen LogP contribution in [0.25, 0.3) is 23.0 Å². The molecule has 38 heavy (non-hydrogen) atoms. The van der Waals surface area contributed by atoms with E-state index in [2.05, 4.69) is 20.6 Å². The molecule has 0 aliphatic carbocycles. The Labute approximate surface area is 226 Å². The van der Waals surface area contributed by atoms with E-state index in [0.717, 1.165) is 11.3 Å². The lowest BCUT2D eigenvalue weighted by atomic mass is 10.1. The molecule has 0 radical (unpaired) electrons. The molecule has 188 valence electrons. The molecule has 2 aromatic heterocycles. The predicted molar refractivity (Wildman–Crippen MR) is 148 cm³/mol. The highest BCUT2D eigenvalue weighted by Gasteiger charge is 2.13. The van der Waals surface area contributed by atoms with Crippen LogP contribution in [0.5, 0.6) is 0 Å². The lowest BCUT2D eigenvalue weighted by molar-refractivity contribution is -0.111. The summed E-state index contributed by atoms with van der Waals surface area (Å²) in [7, 11) is 0. The van der Waals surface area contributed by atoms with Crippen molar-refractivity contribution in [2.24, 2.45) is 0 Å². The summed E-state index contributed by atoms with van der Waals surface area (Å²) in [6, 6.07) is 24.6. The molecule has 7 nitrogen and oxygen atoms in total. The first-order chi connectivity index (χ1) is 18.5. The fourth-order valence-corrected chi connectivity index (χ4v) is 5.17. The van der Waals surface area contributed by atoms with E-state index in [1.165, 1.54) is 41.3 Å². The van der Waals surface area contributed by atoms with Gasteiger partial charge in [-0.1, -0.05) is 71.6 Å². The fraction of sp³-hybridized carbons (Fsp3) is 0.0357. The summed E-state index contributed by atoms with van der Waals surface area (Å²) >= 11 is 2.46. The highest BCUT2D eigenvalue weighted by Crippen LogP contribution is 2.27. The standard InChI is InChI=1S/C28H20FN5O2S2/c29-22-14-11-20(12-15-22)26-21(17-34(33-26)23-9-5-2-6-10-23)13-16-25(36)30-27-31-32-28(38-27)37-18-24(35)19-7-3-1-4-8-19/h1-17H,18H2,(H,30,31,36). The Balaban J connectivity index is 1.27. The number of anilines is 1. The second kappa shape index (κ2) is 11.8. The molecule has 0 bridgehead atoms. The zero-order chi connectivity index (χ0) is 26.3. The highest BCUT2D eigenvalue weighted by atomic mass is 32.2. The molecule has 0 aliphatic rings. The van der Waals surface area contributed by atoms with E-state index in [-0.39, 0.29) is 17.4 Å². The Kier molecular flexibility index (Phi) is 7.81. The molecule has 0 atom stereocenters. The summed E-state index contributed by atoms with van der Waals surface area (Å²) in [6.45, 7) is 0. The van der Waals surface area contributed by atoms with Crippen LogP contribution in [0.1, 0.15) is 15.9 Å². The molecule has 0 saturated heterocycles. The second-order valence-corrected chi connectivity index (χ2v) is 10.2. The second-order valence-electron chi connectivity index (χ2n) is 7.99. The van der Waals surface area contributed by atoms with Crippen molar-refractivity contribution in [3.63, 3.8) is 0 Å². The van der Waals surface area contributed by atoms with E-state index in [9.17, 15) is 14.0 Å². The smallest absolute Gasteiger partial charge is 0.250 e. The Morgan fingerprint density at radius 2 is 1.66 bits per heavy atom. The zero-order valence-electron chi connectivity index (χ0n) is 19.8. The Hall–Kier alpha value is -4.41. The third-order valence-corrected chi connectivity index (χ3v) is 7.33. The molecule has 3 aromatic carbocycles. The molecular weight excluding hydrogens is 521 g/mol. The lowest BCUT2D eigenvalue weighted by Gasteiger charge is -2.00. The molecule has 0 aliphatic heterocycles. The maximum absolute atomic E-state index is 13.5. The number of rotatable bonds is 9. The number of halogens is 1. The minimum atomic E-state index is -0.393. The number of carbonyl (C=O) groups is 2. The summed E-state index contributed by atoms with van der Waals surface area (Å²) in [5.41, 5.74) is 3.50. The van der Waals surface area contributed by atoms with Gasteiger partial charge in [0.1, 0.15) is 5.82 Å². The highest BCUT2D eigenvalue weighted by molar-refractivity contribution is 8.01. The monoisotopic (exact) mass is 541 g/mol. The Morgan fingerprint density at radius 1 is 0.947 bits per heavy atom. The largest absolute Gasteiger partial charge is 0.297 e. The van der Waals surface area contributed by atoms with Crippen molar-refractivity contribution in [2.45, 2.75) is 4.34 Å². The van der Waals surface area contributed by atoms with Gasteiger partial charge < -0.3 is 0 Å². The third kappa shape index (κ3) is 6.28. The molecule has 2 heterocycles. The van der Waals surface area contributed by atoms with E-state index in [1.54, 1.807) is 41.2 Å². The van der Waals surface area contributed by atoms with Gasteiger partial charge in [-0.15, -0.1) is 10.2 Å². The minimum absolute atomic E-state index is 0.00710. The Bertz CT molecular complexity index is 1580. The van der Waals surface area contributed by atoms with Gasteiger partial charge in [0.05, 0.1) is 17.1 Å². The van der Waals surface area contributed by atoms with Crippen molar-refractivity contribution >= 4 is 46.0 Å². The van der Waals surface area contributed by atoms with Crippen LogP contribution >= 0.6 is 23.1 Å². The first-order valence-corrected chi connectivity index (χ1v) is 13.3. The van der Waals surface area contributed by atoms with Gasteiger partial charge in [0.25, 0.3) is 0 Å². The van der Waals surface area contributed by atoms with Gasteiger partial charge in [0.2, 0.25) is 11.0 Å². The van der Waals surface area contributed by atoms with Crippen molar-refractivity contribution in [2.75, 3.05) is 11.1 Å². The van der Waals surface area contributed by atoms with E-state index < -0.39 is 5.91 Å². The number of amides is 1. The number of hydrogen-bond donors (Lipinski definition) is 1. The van der Waals surface area contributed by atoms with Crippen LogP contribution in [0, 0.1) is 5.82 Å². The number of carbonyl (C=O) groups excluding carboxylic acids is 2. The van der Waals surface area contributed by atoms with Crippen molar-refractivity contribution in [1.29, 1.82) is 0 Å². The van der Waals surface area contributed by atoms with Crippen molar-refractivity contribution < 1.29 is 14.0 Å². The minimum Gasteiger partial charge on any atom is -0.297 e. The normalized spacial score (nSPS) is 11.1. The molecule has 0 unspecified atom stereocenters. The molecular formula is C28H20FN5O2S2. The van der Waals surface area contributed by atoms with Gasteiger partial charge in [-0.05, 0) is 42.5 Å². The number of nitrogens with one attached hydrogen (secondary N) is 1. The molecule has 5 rings (SSSR count). The predicted octanol–water partition coefficient (Wildman–Crippen LogP) is 6.16. The van der Waals surface area contributed by atoms with Crippen molar-refractivity contribution in [3.8, 4) is 16.9 Å². The topological polar surface area (TPSA) is 89.8 Å². The van der Waals surface area contributed by atoms with Gasteiger partial charge >= 0.3 is 0 Å². The van der Waals surface area contributed by atoms with E-state index in [1.807, 2.05) is 48.5 Å². The molecule has 1 N–H and O–H groups in total. The first-order valence-electron chi connectivity index (χ1n) is 11.5. The fourth-order valence-electron chi connectivity index (χ4n) is 3.52. The maximum Gasteiger partial charge on any atom is 0.250 e. The van der Waals surface area contributed by atoms with Crippen LogP contribution in [-0.4, -0.2) is 37.4 Å². The lowest BCUT2D eigenvalue weighted by Crippen LogP contribution is -2.07. The van der Waals surface area contributed by atoms with Gasteiger partial charge in [-0.3, -0.25) is 14.9 Å². The maximum atomic E-state index is 13.5. The van der Waals surface area contributed by atoms with Crippen LogP contribution in [0.15, 0.2) is 102 Å². The number of ketones is 1. The quantitative estimate of drug-likeness (QED) is 0.104. The third-order valence-electron chi connectivity index (χ3n) is 5.35. The average molecular weight is 542 g/mol. The molecule has 0 spiro atoms. The van der Waals surface area contributed by atoms with E-state index in [0.29, 0.717) is 26.3 Å². The van der Waals surface area contributed by atoms with Crippen molar-refractivity contribution in [1.82, 2.24) is 20.0 Å². The molecule has 1 amide bonds. The number of Topliss-reactive ketones (excluding diaryl/α,β-unsaturated/α-hetero) is 1. The van der Waals surface area contributed by atoms with Crippen LogP contribution in [0.4, 0.5) is 9.52 Å². The van der Waals surface area contributed by atoms with Crippen LogP contribution in [-0.2, 0) is 4.79 Å². The number of aromatic nitrogens is 4.